The van der Waals surface area contributed by atoms with Crippen LogP contribution in [-0.2, 0) is 0 Å². The molecule has 0 saturated heterocycles. The normalized spacial score (nSPS) is 10.3. The molecule has 1 heterocycles. The van der Waals surface area contributed by atoms with Gasteiger partial charge in [0.1, 0.15) is 6.20 Å². The fourth-order valence-electron chi connectivity index (χ4n) is 1.54. The van der Waals surface area contributed by atoms with Gasteiger partial charge in [-0.15, -0.1) is 0 Å². The van der Waals surface area contributed by atoms with Gasteiger partial charge >= 0.3 is 0 Å². The highest BCUT2D eigenvalue weighted by molar-refractivity contribution is 5.42. The summed E-state index contributed by atoms with van der Waals surface area (Å²) in [6.45, 7) is 6.70. The lowest BCUT2D eigenvalue weighted by Gasteiger charge is -2.23. The van der Waals surface area contributed by atoms with Crippen molar-refractivity contribution in [2.75, 3.05) is 18.0 Å². The van der Waals surface area contributed by atoms with Gasteiger partial charge in [-0.3, -0.25) is 4.98 Å². The first-order valence-electron chi connectivity index (χ1n) is 5.96. The van der Waals surface area contributed by atoms with E-state index in [0.29, 0.717) is 0 Å². The smallest absolute Gasteiger partial charge is 0.114 e. The van der Waals surface area contributed by atoms with Gasteiger partial charge in [0.25, 0.3) is 0 Å². The summed E-state index contributed by atoms with van der Waals surface area (Å²) in [4.78, 5) is 6.44. The van der Waals surface area contributed by atoms with Crippen molar-refractivity contribution >= 4 is 5.69 Å². The molecule has 0 atom stereocenters. The largest absolute Gasteiger partial charge is 0.370 e. The maximum absolute atomic E-state index is 4.06. The van der Waals surface area contributed by atoms with E-state index in [1.807, 2.05) is 6.07 Å². The molecular weight excluding hydrogens is 184 g/mol. The van der Waals surface area contributed by atoms with Crippen LogP contribution in [0, 0.1) is 6.20 Å². The van der Waals surface area contributed by atoms with Crippen LogP contribution in [0.4, 0.5) is 5.69 Å². The zero-order valence-electron chi connectivity index (χ0n) is 9.87. The number of unbranched alkanes of at least 4 members (excludes halogenated alkanes) is 2. The first-order valence-corrected chi connectivity index (χ1v) is 5.96. The monoisotopic (exact) mass is 205 g/mol. The minimum atomic E-state index is 1.12. The Labute approximate surface area is 93.3 Å². The molecule has 0 aromatic carbocycles. The second kappa shape index (κ2) is 7.27. The summed E-state index contributed by atoms with van der Waals surface area (Å²) >= 11 is 0. The SMILES string of the molecule is CCCCN(CCCC)c1[c]nccc1. The molecular formula is C13H21N2. The summed E-state index contributed by atoms with van der Waals surface area (Å²) in [5.41, 5.74) is 1.14. The van der Waals surface area contributed by atoms with Crippen molar-refractivity contribution < 1.29 is 0 Å². The summed E-state index contributed by atoms with van der Waals surface area (Å²) < 4.78 is 0. The highest BCUT2D eigenvalue weighted by Gasteiger charge is 2.04. The van der Waals surface area contributed by atoms with E-state index in [2.05, 4.69) is 36.0 Å². The maximum atomic E-state index is 4.06. The van der Waals surface area contributed by atoms with Crippen molar-refractivity contribution in [2.24, 2.45) is 0 Å². The molecule has 2 heteroatoms. The van der Waals surface area contributed by atoms with Crippen LogP contribution in [-0.4, -0.2) is 18.1 Å². The van der Waals surface area contributed by atoms with E-state index in [1.54, 1.807) is 6.20 Å². The topological polar surface area (TPSA) is 16.1 Å². The molecule has 15 heavy (non-hydrogen) atoms. The Balaban J connectivity index is 2.55. The Hall–Kier alpha value is -1.05. The Kier molecular flexibility index (Phi) is 5.83. The summed E-state index contributed by atoms with van der Waals surface area (Å²) in [5, 5.41) is 0. The van der Waals surface area contributed by atoms with Crippen molar-refractivity contribution in [1.82, 2.24) is 4.98 Å². The summed E-state index contributed by atoms with van der Waals surface area (Å²) in [7, 11) is 0. The molecule has 0 aliphatic heterocycles. The van der Waals surface area contributed by atoms with Gasteiger partial charge in [0, 0.05) is 19.3 Å². The lowest BCUT2D eigenvalue weighted by Crippen LogP contribution is -2.25. The van der Waals surface area contributed by atoms with Gasteiger partial charge in [0.15, 0.2) is 0 Å². The quantitative estimate of drug-likeness (QED) is 0.679. The third kappa shape index (κ3) is 4.32. The molecule has 1 aromatic heterocycles. The van der Waals surface area contributed by atoms with Crippen LogP contribution in [0.15, 0.2) is 18.3 Å². The van der Waals surface area contributed by atoms with Crippen LogP contribution < -0.4 is 4.90 Å². The van der Waals surface area contributed by atoms with Crippen LogP contribution >= 0.6 is 0 Å². The predicted octanol–water partition coefficient (Wildman–Crippen LogP) is 3.29. The second-order valence-corrected chi connectivity index (χ2v) is 3.83. The lowest BCUT2D eigenvalue weighted by molar-refractivity contribution is 0.676. The van der Waals surface area contributed by atoms with Crippen LogP contribution in [0.2, 0.25) is 0 Å². The molecule has 0 N–H and O–H groups in total. The highest BCUT2D eigenvalue weighted by atomic mass is 15.1. The minimum Gasteiger partial charge on any atom is -0.370 e. The summed E-state index contributed by atoms with van der Waals surface area (Å²) in [5.74, 6) is 0. The van der Waals surface area contributed by atoms with Crippen LogP contribution in [0.1, 0.15) is 39.5 Å². The third-order valence-electron chi connectivity index (χ3n) is 2.50. The molecule has 0 unspecified atom stereocenters. The van der Waals surface area contributed by atoms with Gasteiger partial charge in [0.2, 0.25) is 0 Å². The van der Waals surface area contributed by atoms with Gasteiger partial charge in [-0.1, -0.05) is 26.7 Å². The first-order chi connectivity index (χ1) is 7.38. The molecule has 0 saturated carbocycles. The second-order valence-electron chi connectivity index (χ2n) is 3.83. The molecule has 0 aliphatic carbocycles. The molecule has 2 nitrogen and oxygen atoms in total. The average Bonchev–Trinajstić information content (AvgIpc) is 2.30. The number of pyridine rings is 1. The van der Waals surface area contributed by atoms with Crippen LogP contribution in [0.3, 0.4) is 0 Å². The van der Waals surface area contributed by atoms with E-state index in [0.717, 1.165) is 18.8 Å². The zero-order valence-corrected chi connectivity index (χ0v) is 9.87. The number of aromatic nitrogens is 1. The maximum Gasteiger partial charge on any atom is 0.114 e. The number of nitrogens with zero attached hydrogens (tertiary/aromatic N) is 2. The van der Waals surface area contributed by atoms with E-state index < -0.39 is 0 Å². The third-order valence-corrected chi connectivity index (χ3v) is 2.50. The summed E-state index contributed by atoms with van der Waals surface area (Å²) in [6, 6.07) is 4.08. The number of hydrogen-bond acceptors (Lipinski definition) is 2. The number of hydrogen-bond donors (Lipinski definition) is 0. The molecule has 0 aliphatic rings. The average molecular weight is 205 g/mol. The highest BCUT2D eigenvalue weighted by Crippen LogP contribution is 2.12. The van der Waals surface area contributed by atoms with E-state index in [4.69, 9.17) is 0 Å². The van der Waals surface area contributed by atoms with Crippen LogP contribution in [0.25, 0.3) is 0 Å². The molecule has 1 rings (SSSR count). The van der Waals surface area contributed by atoms with E-state index in [-0.39, 0.29) is 0 Å². The lowest BCUT2D eigenvalue weighted by atomic mass is 10.2. The van der Waals surface area contributed by atoms with E-state index >= 15 is 0 Å². The molecule has 0 spiro atoms. The minimum absolute atomic E-state index is 1.12. The fraction of sp³-hybridized carbons (Fsp3) is 0.615. The number of anilines is 1. The van der Waals surface area contributed by atoms with Gasteiger partial charge in [-0.25, -0.2) is 0 Å². The van der Waals surface area contributed by atoms with Gasteiger partial charge in [-0.05, 0) is 25.0 Å². The Morgan fingerprint density at radius 3 is 2.33 bits per heavy atom. The molecule has 0 amide bonds. The van der Waals surface area contributed by atoms with Crippen molar-refractivity contribution in [2.45, 2.75) is 39.5 Å². The Morgan fingerprint density at radius 2 is 1.87 bits per heavy atom. The Morgan fingerprint density at radius 1 is 1.20 bits per heavy atom. The first kappa shape index (κ1) is 12.0. The predicted molar refractivity (Wildman–Crippen MR) is 65.1 cm³/mol. The van der Waals surface area contributed by atoms with Crippen molar-refractivity contribution in [3.05, 3.63) is 24.5 Å². The zero-order chi connectivity index (χ0) is 10.9. The van der Waals surface area contributed by atoms with Gasteiger partial charge in [0.05, 0.1) is 5.69 Å². The van der Waals surface area contributed by atoms with Gasteiger partial charge in [-0.2, -0.15) is 0 Å². The van der Waals surface area contributed by atoms with Crippen molar-refractivity contribution in [3.8, 4) is 0 Å². The van der Waals surface area contributed by atoms with E-state index in [1.165, 1.54) is 25.7 Å². The van der Waals surface area contributed by atoms with Crippen molar-refractivity contribution in [1.29, 1.82) is 0 Å². The molecule has 0 bridgehead atoms. The van der Waals surface area contributed by atoms with E-state index in [9.17, 15) is 0 Å². The Bertz CT molecular complexity index is 238. The van der Waals surface area contributed by atoms with Crippen LogP contribution in [0.5, 0.6) is 0 Å². The number of rotatable bonds is 7. The summed E-state index contributed by atoms with van der Waals surface area (Å²) in [6.07, 6.45) is 9.80. The molecule has 1 aromatic rings. The standard InChI is InChI=1S/C13H21N2/c1-3-5-10-15(11-6-4-2)13-8-7-9-14-12-13/h7-9H,3-6,10-11H2,1-2H3. The van der Waals surface area contributed by atoms with Gasteiger partial charge < -0.3 is 4.90 Å². The fourth-order valence-corrected chi connectivity index (χ4v) is 1.54. The molecule has 0 fully saturated rings. The molecule has 1 radical (unpaired) electrons. The molecule has 83 valence electrons. The van der Waals surface area contributed by atoms with Crippen molar-refractivity contribution in [3.63, 3.8) is 0 Å².